The van der Waals surface area contributed by atoms with E-state index in [1.807, 2.05) is 0 Å². The van der Waals surface area contributed by atoms with Gasteiger partial charge in [0.25, 0.3) is 5.91 Å². The van der Waals surface area contributed by atoms with Crippen molar-refractivity contribution < 1.29 is 23.1 Å². The summed E-state index contributed by atoms with van der Waals surface area (Å²) in [5.41, 5.74) is 3.83. The lowest BCUT2D eigenvalue weighted by Crippen LogP contribution is -2.16. The van der Waals surface area contributed by atoms with Gasteiger partial charge in [-0.05, 0) is 12.1 Å². The number of hydrogen-bond donors (Lipinski definition) is 2. The summed E-state index contributed by atoms with van der Waals surface area (Å²) in [6.45, 7) is -0.235. The molecule has 1 aromatic heterocycles. The number of aliphatic hydroxyl groups is 1. The number of alkyl halides is 3. The summed E-state index contributed by atoms with van der Waals surface area (Å²) >= 11 is 0.844. The Hall–Kier alpha value is -1.28. The van der Waals surface area contributed by atoms with E-state index in [1.165, 1.54) is 0 Å². The van der Waals surface area contributed by atoms with Crippen LogP contribution in [-0.4, -0.2) is 28.4 Å². The third-order valence-corrected chi connectivity index (χ3v) is 2.72. The SMILES string of the molecule is NC(=O)c1ccc(C(F)(F)F)nc1SCCO. The number of aromatic nitrogens is 1. The second-order valence-corrected chi connectivity index (χ2v) is 4.07. The highest BCUT2D eigenvalue weighted by molar-refractivity contribution is 7.99. The molecule has 1 aromatic rings. The van der Waals surface area contributed by atoms with Gasteiger partial charge in [0.05, 0.1) is 12.2 Å². The minimum absolute atomic E-state index is 0.0866. The molecule has 0 aromatic carbocycles. The van der Waals surface area contributed by atoms with Crippen molar-refractivity contribution in [3.8, 4) is 0 Å². The van der Waals surface area contributed by atoms with Crippen LogP contribution < -0.4 is 5.73 Å². The van der Waals surface area contributed by atoms with Crippen molar-refractivity contribution in [1.82, 2.24) is 4.98 Å². The topological polar surface area (TPSA) is 76.2 Å². The number of primary amides is 1. The van der Waals surface area contributed by atoms with Gasteiger partial charge in [-0.25, -0.2) is 4.98 Å². The van der Waals surface area contributed by atoms with Crippen LogP contribution in [0.2, 0.25) is 0 Å². The van der Waals surface area contributed by atoms with Crippen LogP contribution >= 0.6 is 11.8 Å². The van der Waals surface area contributed by atoms with Crippen molar-refractivity contribution in [1.29, 1.82) is 0 Å². The fraction of sp³-hybridized carbons (Fsp3) is 0.333. The highest BCUT2D eigenvalue weighted by Gasteiger charge is 2.33. The summed E-state index contributed by atoms with van der Waals surface area (Å²) in [5, 5.41) is 8.48. The molecule has 0 saturated carbocycles. The van der Waals surface area contributed by atoms with Crippen LogP contribution in [0.1, 0.15) is 16.1 Å². The van der Waals surface area contributed by atoms with Gasteiger partial charge < -0.3 is 10.8 Å². The predicted molar refractivity (Wildman–Crippen MR) is 55.6 cm³/mol. The molecule has 17 heavy (non-hydrogen) atoms. The van der Waals surface area contributed by atoms with Crippen LogP contribution in [0, 0.1) is 0 Å². The Morgan fingerprint density at radius 3 is 2.59 bits per heavy atom. The lowest BCUT2D eigenvalue weighted by molar-refractivity contribution is -0.141. The first-order valence-electron chi connectivity index (χ1n) is 4.48. The number of thioether (sulfide) groups is 1. The van der Waals surface area contributed by atoms with Gasteiger partial charge >= 0.3 is 6.18 Å². The van der Waals surface area contributed by atoms with Gasteiger partial charge in [0, 0.05) is 5.75 Å². The molecule has 0 fully saturated rings. The van der Waals surface area contributed by atoms with Crippen LogP contribution in [0.4, 0.5) is 13.2 Å². The minimum atomic E-state index is -4.58. The standard InChI is InChI=1S/C9H9F3N2O2S/c10-9(11,12)6-2-1-5(7(13)16)8(14-6)17-4-3-15/h1-2,15H,3-4H2,(H2,13,16). The number of carbonyl (C=O) groups excluding carboxylic acids is 1. The summed E-state index contributed by atoms with van der Waals surface area (Å²) in [6.07, 6.45) is -4.58. The molecule has 8 heteroatoms. The Balaban J connectivity index is 3.14. The molecule has 0 bridgehead atoms. The molecule has 0 aliphatic rings. The maximum Gasteiger partial charge on any atom is 0.433 e. The van der Waals surface area contributed by atoms with Crippen molar-refractivity contribution in [2.75, 3.05) is 12.4 Å². The number of carbonyl (C=O) groups is 1. The maximum absolute atomic E-state index is 12.4. The van der Waals surface area contributed by atoms with E-state index in [4.69, 9.17) is 10.8 Å². The molecule has 0 unspecified atom stereocenters. The average molecular weight is 266 g/mol. The average Bonchev–Trinajstić information content (AvgIpc) is 2.24. The molecule has 4 nitrogen and oxygen atoms in total. The number of aliphatic hydroxyl groups excluding tert-OH is 1. The zero-order valence-electron chi connectivity index (χ0n) is 8.49. The van der Waals surface area contributed by atoms with Crippen molar-refractivity contribution >= 4 is 17.7 Å². The largest absolute Gasteiger partial charge is 0.433 e. The Morgan fingerprint density at radius 2 is 2.12 bits per heavy atom. The van der Waals surface area contributed by atoms with E-state index in [0.29, 0.717) is 6.07 Å². The maximum atomic E-state index is 12.4. The van der Waals surface area contributed by atoms with E-state index in [-0.39, 0.29) is 22.9 Å². The molecule has 0 aliphatic carbocycles. The number of nitrogens with two attached hydrogens (primary N) is 1. The predicted octanol–water partition coefficient (Wildman–Crippen LogP) is 1.28. The van der Waals surface area contributed by atoms with Gasteiger partial charge in [0.1, 0.15) is 10.7 Å². The highest BCUT2D eigenvalue weighted by Crippen LogP contribution is 2.30. The first-order chi connectivity index (χ1) is 7.86. The number of pyridine rings is 1. The van der Waals surface area contributed by atoms with Gasteiger partial charge in [-0.1, -0.05) is 0 Å². The van der Waals surface area contributed by atoms with Crippen LogP contribution in [0.15, 0.2) is 17.2 Å². The summed E-state index contributed by atoms with van der Waals surface area (Å²) in [7, 11) is 0. The summed E-state index contributed by atoms with van der Waals surface area (Å²) in [5.74, 6) is -0.721. The third kappa shape index (κ3) is 3.60. The molecular formula is C9H9F3N2O2S. The van der Waals surface area contributed by atoms with Crippen LogP contribution in [0.25, 0.3) is 0 Å². The van der Waals surface area contributed by atoms with Crippen molar-refractivity contribution in [2.24, 2.45) is 5.73 Å². The molecular weight excluding hydrogens is 257 g/mol. The lowest BCUT2D eigenvalue weighted by atomic mass is 10.2. The molecule has 0 saturated heterocycles. The summed E-state index contributed by atoms with van der Waals surface area (Å²) < 4.78 is 37.2. The van der Waals surface area contributed by atoms with E-state index in [0.717, 1.165) is 17.8 Å². The Kier molecular flexibility index (Phi) is 4.35. The van der Waals surface area contributed by atoms with Gasteiger partial charge in [-0.3, -0.25) is 4.79 Å². The van der Waals surface area contributed by atoms with E-state index >= 15 is 0 Å². The zero-order chi connectivity index (χ0) is 13.1. The fourth-order valence-electron chi connectivity index (χ4n) is 1.04. The number of nitrogens with zero attached hydrogens (tertiary/aromatic N) is 1. The van der Waals surface area contributed by atoms with Crippen molar-refractivity contribution in [3.63, 3.8) is 0 Å². The smallest absolute Gasteiger partial charge is 0.396 e. The molecule has 1 heterocycles. The normalized spacial score (nSPS) is 11.5. The van der Waals surface area contributed by atoms with E-state index in [1.54, 1.807) is 0 Å². The van der Waals surface area contributed by atoms with Gasteiger partial charge in [0.2, 0.25) is 0 Å². The molecule has 1 amide bonds. The van der Waals surface area contributed by atoms with Gasteiger partial charge in [0.15, 0.2) is 0 Å². The summed E-state index contributed by atoms with van der Waals surface area (Å²) in [6, 6.07) is 1.68. The van der Waals surface area contributed by atoms with Gasteiger partial charge in [-0.2, -0.15) is 13.2 Å². The first-order valence-corrected chi connectivity index (χ1v) is 5.46. The molecule has 94 valence electrons. The Morgan fingerprint density at radius 1 is 1.47 bits per heavy atom. The molecule has 0 spiro atoms. The van der Waals surface area contributed by atoms with Crippen molar-refractivity contribution in [3.05, 3.63) is 23.4 Å². The summed E-state index contributed by atoms with van der Waals surface area (Å²) in [4.78, 5) is 14.3. The Labute approximate surface area is 99.0 Å². The number of amides is 1. The molecule has 0 aliphatic heterocycles. The fourth-order valence-corrected chi connectivity index (χ4v) is 1.81. The molecule has 0 atom stereocenters. The quantitative estimate of drug-likeness (QED) is 0.805. The molecule has 3 N–H and O–H groups in total. The van der Waals surface area contributed by atoms with Crippen molar-refractivity contribution in [2.45, 2.75) is 11.2 Å². The number of halogens is 3. The zero-order valence-corrected chi connectivity index (χ0v) is 9.31. The minimum Gasteiger partial charge on any atom is -0.396 e. The Bertz CT molecular complexity index is 423. The lowest BCUT2D eigenvalue weighted by Gasteiger charge is -2.09. The van der Waals surface area contributed by atoms with E-state index < -0.39 is 17.8 Å². The third-order valence-electron chi connectivity index (χ3n) is 1.75. The number of hydrogen-bond acceptors (Lipinski definition) is 4. The van der Waals surface area contributed by atoms with Crippen LogP contribution in [-0.2, 0) is 6.18 Å². The molecule has 1 rings (SSSR count). The van der Waals surface area contributed by atoms with Crippen LogP contribution in [0.3, 0.4) is 0 Å². The first kappa shape index (κ1) is 13.8. The van der Waals surface area contributed by atoms with E-state index in [2.05, 4.69) is 4.98 Å². The van der Waals surface area contributed by atoms with Crippen LogP contribution in [0.5, 0.6) is 0 Å². The second-order valence-electron chi connectivity index (χ2n) is 2.98. The van der Waals surface area contributed by atoms with E-state index in [9.17, 15) is 18.0 Å². The monoisotopic (exact) mass is 266 g/mol. The molecule has 0 radical (unpaired) electrons. The second kappa shape index (κ2) is 5.37. The highest BCUT2D eigenvalue weighted by atomic mass is 32.2. The number of rotatable bonds is 4. The van der Waals surface area contributed by atoms with Gasteiger partial charge in [-0.15, -0.1) is 11.8 Å².